The molecule has 0 aliphatic heterocycles. The summed E-state index contributed by atoms with van der Waals surface area (Å²) in [6.07, 6.45) is 1.67. The number of carboxylic acids is 4. The zero-order valence-electron chi connectivity index (χ0n) is 14.9. The average Bonchev–Trinajstić information content (AvgIpc) is 3.19. The van der Waals surface area contributed by atoms with Crippen molar-refractivity contribution < 1.29 is 39.6 Å². The third kappa shape index (κ3) is 1.55. The second-order valence-electron chi connectivity index (χ2n) is 10.0. The molecule has 8 heteroatoms. The maximum absolute atomic E-state index is 11.7. The molecule has 0 aromatic heterocycles. The van der Waals surface area contributed by atoms with Crippen LogP contribution in [0.5, 0.6) is 0 Å². The van der Waals surface area contributed by atoms with Crippen molar-refractivity contribution in [1.82, 2.24) is 0 Å². The number of hydrogen-bond acceptors (Lipinski definition) is 4. The minimum atomic E-state index is -1.03. The molecular formula is C20H22O8. The molecule has 0 radical (unpaired) electrons. The number of fused-ring (bicyclic) bond motifs is 15. The quantitative estimate of drug-likeness (QED) is 0.515. The van der Waals surface area contributed by atoms with Crippen LogP contribution in [0.3, 0.4) is 0 Å². The van der Waals surface area contributed by atoms with Gasteiger partial charge in [-0.2, -0.15) is 0 Å². The van der Waals surface area contributed by atoms with E-state index in [0.717, 1.165) is 12.8 Å². The molecule has 8 nitrogen and oxygen atoms in total. The number of rotatable bonds is 4. The van der Waals surface area contributed by atoms with Crippen LogP contribution in [0, 0.1) is 82.9 Å². The van der Waals surface area contributed by atoms with Crippen LogP contribution in [0.2, 0.25) is 0 Å². The molecule has 6 rings (SSSR count). The summed E-state index contributed by atoms with van der Waals surface area (Å²) < 4.78 is 0. The Morgan fingerprint density at radius 2 is 0.643 bits per heavy atom. The Hall–Kier alpha value is -2.12. The monoisotopic (exact) mass is 390 g/mol. The molecular weight excluding hydrogens is 368 g/mol. The van der Waals surface area contributed by atoms with Gasteiger partial charge < -0.3 is 20.4 Å². The van der Waals surface area contributed by atoms with Crippen LogP contribution in [0.25, 0.3) is 0 Å². The maximum Gasteiger partial charge on any atom is 0.307 e. The number of carboxylic acid groups (broad SMARTS) is 4. The molecule has 6 aliphatic rings. The SMILES string of the molecule is O=C(O)C1C(C(=O)O)C2C3CC(C4C5CC(C34)C3C(C(=O)O)C(C(=O)O)C53)C12. The predicted octanol–water partition coefficient (Wildman–Crippen LogP) is 0.813. The van der Waals surface area contributed by atoms with E-state index in [-0.39, 0.29) is 59.2 Å². The molecule has 0 aromatic rings. The van der Waals surface area contributed by atoms with E-state index in [9.17, 15) is 39.6 Å². The van der Waals surface area contributed by atoms with E-state index in [1.54, 1.807) is 0 Å². The molecule has 0 saturated heterocycles. The third-order valence-corrected chi connectivity index (χ3v) is 9.95. The van der Waals surface area contributed by atoms with E-state index < -0.39 is 47.5 Å². The zero-order valence-corrected chi connectivity index (χ0v) is 14.9. The van der Waals surface area contributed by atoms with Crippen molar-refractivity contribution in [2.45, 2.75) is 12.8 Å². The number of hydrogen-bond donors (Lipinski definition) is 4. The van der Waals surface area contributed by atoms with Gasteiger partial charge in [0.2, 0.25) is 0 Å². The lowest BCUT2D eigenvalue weighted by atomic mass is 9.42. The van der Waals surface area contributed by atoms with E-state index in [1.165, 1.54) is 0 Å². The lowest BCUT2D eigenvalue weighted by molar-refractivity contribution is -0.203. The molecule has 12 atom stereocenters. The largest absolute Gasteiger partial charge is 0.481 e. The number of aliphatic carboxylic acids is 4. The highest BCUT2D eigenvalue weighted by atomic mass is 16.4. The second kappa shape index (κ2) is 4.89. The van der Waals surface area contributed by atoms with Crippen molar-refractivity contribution in [1.29, 1.82) is 0 Å². The Kier molecular flexibility index (Phi) is 2.93. The van der Waals surface area contributed by atoms with E-state index >= 15 is 0 Å². The maximum atomic E-state index is 11.7. The molecule has 6 fully saturated rings. The van der Waals surface area contributed by atoms with Gasteiger partial charge in [-0.25, -0.2) is 0 Å². The smallest absolute Gasteiger partial charge is 0.307 e. The lowest BCUT2D eigenvalue weighted by Crippen LogP contribution is -2.64. The highest BCUT2D eigenvalue weighted by Crippen LogP contribution is 2.81. The minimum absolute atomic E-state index is 0.110. The van der Waals surface area contributed by atoms with Gasteiger partial charge in [-0.1, -0.05) is 0 Å². The molecule has 12 unspecified atom stereocenters. The van der Waals surface area contributed by atoms with Crippen LogP contribution >= 0.6 is 0 Å². The van der Waals surface area contributed by atoms with E-state index in [2.05, 4.69) is 0 Å². The lowest BCUT2D eigenvalue weighted by Gasteiger charge is -2.60. The van der Waals surface area contributed by atoms with Crippen molar-refractivity contribution >= 4 is 23.9 Å². The van der Waals surface area contributed by atoms with Gasteiger partial charge in [-0.05, 0) is 72.0 Å². The van der Waals surface area contributed by atoms with Gasteiger partial charge in [0.25, 0.3) is 0 Å². The van der Waals surface area contributed by atoms with Gasteiger partial charge >= 0.3 is 23.9 Å². The topological polar surface area (TPSA) is 149 Å². The highest BCUT2D eigenvalue weighted by Gasteiger charge is 2.80. The van der Waals surface area contributed by atoms with Crippen molar-refractivity contribution in [2.24, 2.45) is 82.9 Å². The van der Waals surface area contributed by atoms with Gasteiger partial charge in [0.15, 0.2) is 0 Å². The van der Waals surface area contributed by atoms with Gasteiger partial charge in [-0.15, -0.1) is 0 Å². The van der Waals surface area contributed by atoms with Crippen molar-refractivity contribution in [3.05, 3.63) is 0 Å². The fraction of sp³-hybridized carbons (Fsp3) is 0.800. The van der Waals surface area contributed by atoms with Gasteiger partial charge in [-0.3, -0.25) is 19.2 Å². The first kappa shape index (κ1) is 16.8. The van der Waals surface area contributed by atoms with Crippen molar-refractivity contribution in [3.63, 3.8) is 0 Å². The van der Waals surface area contributed by atoms with E-state index in [4.69, 9.17) is 0 Å². The summed E-state index contributed by atoms with van der Waals surface area (Å²) >= 11 is 0. The fourth-order valence-corrected chi connectivity index (χ4v) is 9.79. The van der Waals surface area contributed by atoms with Crippen molar-refractivity contribution in [3.8, 4) is 0 Å². The first-order chi connectivity index (χ1) is 13.3. The molecule has 6 aliphatic carbocycles. The third-order valence-electron chi connectivity index (χ3n) is 9.95. The molecule has 0 amide bonds. The summed E-state index contributed by atoms with van der Waals surface area (Å²) in [4.78, 5) is 47.0. The normalized spacial score (nSPS) is 58.9. The zero-order chi connectivity index (χ0) is 19.8. The van der Waals surface area contributed by atoms with E-state index in [0.29, 0.717) is 0 Å². The highest BCUT2D eigenvalue weighted by molar-refractivity contribution is 5.84. The molecule has 4 bridgehead atoms. The Balaban J connectivity index is 1.36. The van der Waals surface area contributed by atoms with Crippen LogP contribution in [-0.4, -0.2) is 44.3 Å². The predicted molar refractivity (Wildman–Crippen MR) is 88.6 cm³/mol. The first-order valence-electron chi connectivity index (χ1n) is 10.2. The van der Waals surface area contributed by atoms with Crippen molar-refractivity contribution in [2.75, 3.05) is 0 Å². The summed E-state index contributed by atoms with van der Waals surface area (Å²) in [7, 11) is 0. The molecule has 0 heterocycles. The Bertz CT molecular complexity index is 704. The fourth-order valence-electron chi connectivity index (χ4n) is 9.79. The summed E-state index contributed by atoms with van der Waals surface area (Å²) in [6, 6.07) is 0. The molecule has 6 saturated carbocycles. The molecule has 150 valence electrons. The van der Waals surface area contributed by atoms with Gasteiger partial charge in [0.05, 0.1) is 23.7 Å². The summed E-state index contributed by atoms with van der Waals surface area (Å²) in [5.74, 6) is -6.76. The molecule has 4 N–H and O–H groups in total. The second-order valence-corrected chi connectivity index (χ2v) is 10.0. The molecule has 0 spiro atoms. The first-order valence-corrected chi connectivity index (χ1v) is 10.2. The Morgan fingerprint density at radius 3 is 0.821 bits per heavy atom. The van der Waals surface area contributed by atoms with Crippen LogP contribution in [0.4, 0.5) is 0 Å². The van der Waals surface area contributed by atoms with Crippen LogP contribution < -0.4 is 0 Å². The average molecular weight is 390 g/mol. The molecule has 0 aromatic carbocycles. The van der Waals surface area contributed by atoms with Crippen LogP contribution in [-0.2, 0) is 19.2 Å². The summed E-state index contributed by atoms with van der Waals surface area (Å²) in [5.41, 5.74) is 0. The van der Waals surface area contributed by atoms with Crippen LogP contribution in [0.15, 0.2) is 0 Å². The Labute approximate surface area is 159 Å². The van der Waals surface area contributed by atoms with Gasteiger partial charge in [0.1, 0.15) is 0 Å². The summed E-state index contributed by atoms with van der Waals surface area (Å²) in [5, 5.41) is 38.4. The minimum Gasteiger partial charge on any atom is -0.481 e. The Morgan fingerprint density at radius 1 is 0.429 bits per heavy atom. The van der Waals surface area contributed by atoms with E-state index in [1.807, 2.05) is 0 Å². The standard InChI is InChI=1S/C20H22O8/c21-17(22)13-9-3-1-4(10(9)14(13)18(23)24)8-6-2-5(7(3)8)11-12(6)16(20(27)28)15(11)19(25)26/h3-16H,1-2H2,(H,21,22)(H,23,24)(H,25,26)(H,27,28). The molecule has 28 heavy (non-hydrogen) atoms. The van der Waals surface area contributed by atoms with Gasteiger partial charge in [0, 0.05) is 0 Å². The number of carbonyl (C=O) groups is 4. The summed E-state index contributed by atoms with van der Waals surface area (Å²) in [6.45, 7) is 0. The van der Waals surface area contributed by atoms with Crippen LogP contribution in [0.1, 0.15) is 12.8 Å².